The quantitative estimate of drug-likeness (QED) is 0.568. The van der Waals surface area contributed by atoms with Crippen LogP contribution in [0.2, 0.25) is 0 Å². The maximum Gasteiger partial charge on any atom is 0.226 e. The third kappa shape index (κ3) is 1.91. The minimum atomic E-state index is -0.420. The van der Waals surface area contributed by atoms with Gasteiger partial charge < -0.3 is 9.52 Å². The molecule has 0 saturated carbocycles. The molecule has 1 N–H and O–H groups in total. The van der Waals surface area contributed by atoms with E-state index in [2.05, 4.69) is 4.42 Å². The summed E-state index contributed by atoms with van der Waals surface area (Å²) < 4.78 is 4.44. The van der Waals surface area contributed by atoms with E-state index in [0.29, 0.717) is 0 Å². The van der Waals surface area contributed by atoms with Crippen LogP contribution in [0.1, 0.15) is 0 Å². The van der Waals surface area contributed by atoms with Crippen molar-refractivity contribution in [2.24, 2.45) is 0 Å². The standard InChI is InChI=1S/C5H4O3.Fe/c6-4-1-2-8-3-5(4)7;/h1-3,7H;. The molecule has 0 amide bonds. The van der Waals surface area contributed by atoms with Crippen LogP contribution >= 0.6 is 0 Å². The largest absolute Gasteiger partial charge is 0.502 e. The average Bonchev–Trinajstić information content (AvgIpc) is 1.77. The molecule has 1 rings (SSSR count). The maximum atomic E-state index is 10.3. The fourth-order valence-corrected chi connectivity index (χ4v) is 0.348. The zero-order chi connectivity index (χ0) is 5.98. The molecular formula is C5H4FeO3. The first-order chi connectivity index (χ1) is 3.80. The molecule has 0 unspecified atom stereocenters. The second kappa shape index (κ2) is 3.33. The van der Waals surface area contributed by atoms with Gasteiger partial charge in [-0.05, 0) is 0 Å². The van der Waals surface area contributed by atoms with E-state index in [4.69, 9.17) is 5.11 Å². The maximum absolute atomic E-state index is 10.3. The second-order valence-corrected chi connectivity index (χ2v) is 1.31. The van der Waals surface area contributed by atoms with Gasteiger partial charge in [-0.2, -0.15) is 0 Å². The van der Waals surface area contributed by atoms with Crippen molar-refractivity contribution in [2.45, 2.75) is 0 Å². The summed E-state index contributed by atoms with van der Waals surface area (Å²) in [5, 5.41) is 8.51. The van der Waals surface area contributed by atoms with Crippen LogP contribution in [0.15, 0.2) is 27.8 Å². The molecule has 0 fully saturated rings. The van der Waals surface area contributed by atoms with E-state index in [-0.39, 0.29) is 22.8 Å². The van der Waals surface area contributed by atoms with Crippen LogP contribution in [0, 0.1) is 0 Å². The molecule has 0 spiro atoms. The summed E-state index contributed by atoms with van der Waals surface area (Å²) in [4.78, 5) is 10.3. The molecule has 0 aliphatic rings. The van der Waals surface area contributed by atoms with Crippen LogP contribution in [0.25, 0.3) is 0 Å². The zero-order valence-electron chi connectivity index (χ0n) is 4.35. The number of rotatable bonds is 0. The summed E-state index contributed by atoms with van der Waals surface area (Å²) >= 11 is 0. The normalized spacial score (nSPS) is 8.00. The molecule has 0 radical (unpaired) electrons. The van der Waals surface area contributed by atoms with Gasteiger partial charge in [0.1, 0.15) is 6.26 Å². The van der Waals surface area contributed by atoms with E-state index in [1.165, 1.54) is 6.26 Å². The van der Waals surface area contributed by atoms with Gasteiger partial charge in [-0.15, -0.1) is 0 Å². The summed E-state index contributed by atoms with van der Waals surface area (Å²) in [5.41, 5.74) is -0.420. The fourth-order valence-electron chi connectivity index (χ4n) is 0.348. The first kappa shape index (κ1) is 8.27. The Morgan fingerprint density at radius 1 is 1.56 bits per heavy atom. The van der Waals surface area contributed by atoms with Gasteiger partial charge in [0.15, 0.2) is 5.75 Å². The van der Waals surface area contributed by atoms with Crippen molar-refractivity contribution in [1.29, 1.82) is 0 Å². The van der Waals surface area contributed by atoms with Gasteiger partial charge in [0.25, 0.3) is 0 Å². The molecule has 0 bridgehead atoms. The molecule has 0 aliphatic carbocycles. The molecule has 3 nitrogen and oxygen atoms in total. The minimum absolute atomic E-state index is 0. The Kier molecular flexibility index (Phi) is 3.06. The number of aromatic hydroxyl groups is 1. The second-order valence-electron chi connectivity index (χ2n) is 1.31. The molecule has 4 heteroatoms. The van der Waals surface area contributed by atoms with E-state index >= 15 is 0 Å². The van der Waals surface area contributed by atoms with Gasteiger partial charge in [0.2, 0.25) is 5.43 Å². The van der Waals surface area contributed by atoms with Crippen molar-refractivity contribution < 1.29 is 26.6 Å². The SMILES string of the molecule is O=c1ccocc1O.[Fe]. The number of hydrogen-bond donors (Lipinski definition) is 1. The van der Waals surface area contributed by atoms with Gasteiger partial charge in [0.05, 0.1) is 6.26 Å². The third-order valence-corrected chi connectivity index (χ3v) is 0.730. The topological polar surface area (TPSA) is 50.4 Å². The molecule has 0 aliphatic heterocycles. The molecular weight excluding hydrogens is 164 g/mol. The van der Waals surface area contributed by atoms with E-state index in [0.717, 1.165) is 12.3 Å². The minimum Gasteiger partial charge on any atom is -0.502 e. The zero-order valence-corrected chi connectivity index (χ0v) is 5.45. The van der Waals surface area contributed by atoms with E-state index in [9.17, 15) is 4.79 Å². The van der Waals surface area contributed by atoms with Crippen molar-refractivity contribution in [2.75, 3.05) is 0 Å². The van der Waals surface area contributed by atoms with Crippen LogP contribution in [-0.4, -0.2) is 5.11 Å². The Balaban J connectivity index is 0.000000640. The summed E-state index contributed by atoms with van der Waals surface area (Å²) in [6.07, 6.45) is 2.20. The third-order valence-electron chi connectivity index (χ3n) is 0.730. The van der Waals surface area contributed by atoms with E-state index in [1.807, 2.05) is 0 Å². The van der Waals surface area contributed by atoms with Crippen LogP contribution in [0.5, 0.6) is 5.75 Å². The smallest absolute Gasteiger partial charge is 0.226 e. The Labute approximate surface area is 61.8 Å². The van der Waals surface area contributed by atoms with Gasteiger partial charge >= 0.3 is 0 Å². The summed E-state index contributed by atoms with van der Waals surface area (Å²) in [6, 6.07) is 1.15. The summed E-state index contributed by atoms with van der Waals surface area (Å²) in [5.74, 6) is -0.354. The van der Waals surface area contributed by atoms with Crippen LogP contribution in [-0.2, 0) is 17.1 Å². The van der Waals surface area contributed by atoms with Crippen molar-refractivity contribution in [3.8, 4) is 5.75 Å². The Hall–Kier alpha value is -0.731. The Morgan fingerprint density at radius 2 is 2.22 bits per heavy atom. The van der Waals surface area contributed by atoms with Crippen molar-refractivity contribution >= 4 is 0 Å². The Bertz CT molecular complexity index is 230. The summed E-state index contributed by atoms with van der Waals surface area (Å²) in [7, 11) is 0. The fraction of sp³-hybridized carbons (Fsp3) is 0. The summed E-state index contributed by atoms with van der Waals surface area (Å²) in [6.45, 7) is 0. The van der Waals surface area contributed by atoms with Gasteiger partial charge in [-0.25, -0.2) is 0 Å². The predicted octanol–water partition coefficient (Wildman–Crippen LogP) is 0.343. The molecule has 1 heterocycles. The van der Waals surface area contributed by atoms with Crippen LogP contribution in [0.4, 0.5) is 0 Å². The molecule has 0 atom stereocenters. The molecule has 0 saturated heterocycles. The van der Waals surface area contributed by atoms with Crippen molar-refractivity contribution in [3.63, 3.8) is 0 Å². The predicted molar refractivity (Wildman–Crippen MR) is 26.6 cm³/mol. The molecule has 9 heavy (non-hydrogen) atoms. The molecule has 1 aromatic rings. The van der Waals surface area contributed by atoms with Crippen molar-refractivity contribution in [1.82, 2.24) is 0 Å². The first-order valence-electron chi connectivity index (χ1n) is 2.06. The van der Waals surface area contributed by atoms with Gasteiger partial charge in [0, 0.05) is 23.1 Å². The van der Waals surface area contributed by atoms with Crippen molar-refractivity contribution in [3.05, 3.63) is 28.8 Å². The first-order valence-corrected chi connectivity index (χ1v) is 2.06. The number of hydrogen-bond acceptors (Lipinski definition) is 3. The van der Waals surface area contributed by atoms with Gasteiger partial charge in [-0.3, -0.25) is 4.79 Å². The van der Waals surface area contributed by atoms with E-state index < -0.39 is 5.43 Å². The average molecular weight is 168 g/mol. The van der Waals surface area contributed by atoms with Gasteiger partial charge in [-0.1, -0.05) is 0 Å². The monoisotopic (exact) mass is 168 g/mol. The molecule has 50 valence electrons. The van der Waals surface area contributed by atoms with Crippen LogP contribution < -0.4 is 5.43 Å². The molecule has 1 aromatic heterocycles. The molecule has 0 aromatic carbocycles. The van der Waals surface area contributed by atoms with E-state index in [1.54, 1.807) is 0 Å². The van der Waals surface area contributed by atoms with Crippen LogP contribution in [0.3, 0.4) is 0 Å². The Morgan fingerprint density at radius 3 is 2.56 bits per heavy atom.